The molecule has 0 bridgehead atoms. The summed E-state index contributed by atoms with van der Waals surface area (Å²) in [6, 6.07) is 9.62. The van der Waals surface area contributed by atoms with Crippen molar-refractivity contribution >= 4 is 11.3 Å². The lowest BCUT2D eigenvalue weighted by Crippen LogP contribution is -2.45. The second-order valence-corrected chi connectivity index (χ2v) is 6.53. The number of aryl methyl sites for hydroxylation is 1. The standard InChI is InChI=1S/C21H22F3N3O2/c1-15-5-6-16(14-26-15)19-4-2-12-27(20(19)25-11-3-13-28)17-7-9-18(10-8-17)29-21(22,23)24/h2,4-10,12,14,20,25,28H,3,11,13H2,1H3. The predicted octanol–water partition coefficient (Wildman–Crippen LogP) is 4.00. The minimum atomic E-state index is -4.73. The molecule has 1 atom stereocenters. The third kappa shape index (κ3) is 5.58. The molecule has 0 amide bonds. The van der Waals surface area contributed by atoms with E-state index in [-0.39, 0.29) is 18.5 Å². The third-order valence-electron chi connectivity index (χ3n) is 4.38. The number of rotatable bonds is 7. The summed E-state index contributed by atoms with van der Waals surface area (Å²) in [7, 11) is 0. The fourth-order valence-corrected chi connectivity index (χ4v) is 3.04. The van der Waals surface area contributed by atoms with Crippen LogP contribution in [-0.4, -0.2) is 35.8 Å². The zero-order valence-electron chi connectivity index (χ0n) is 15.9. The van der Waals surface area contributed by atoms with Crippen LogP contribution in [0.3, 0.4) is 0 Å². The van der Waals surface area contributed by atoms with Crippen LogP contribution in [0.4, 0.5) is 18.9 Å². The van der Waals surface area contributed by atoms with E-state index in [1.54, 1.807) is 18.3 Å². The number of aliphatic hydroxyl groups is 1. The molecule has 2 aromatic rings. The fourth-order valence-electron chi connectivity index (χ4n) is 3.04. The first-order chi connectivity index (χ1) is 13.9. The number of alkyl halides is 3. The zero-order valence-corrected chi connectivity index (χ0v) is 15.9. The van der Waals surface area contributed by atoms with E-state index < -0.39 is 6.36 Å². The van der Waals surface area contributed by atoms with Crippen molar-refractivity contribution in [1.29, 1.82) is 0 Å². The van der Waals surface area contributed by atoms with Gasteiger partial charge in [0.25, 0.3) is 0 Å². The minimum absolute atomic E-state index is 0.0597. The van der Waals surface area contributed by atoms with Crippen molar-refractivity contribution in [1.82, 2.24) is 10.3 Å². The summed E-state index contributed by atoms with van der Waals surface area (Å²) in [5.41, 5.74) is 3.50. The summed E-state index contributed by atoms with van der Waals surface area (Å²) >= 11 is 0. The number of halogens is 3. The van der Waals surface area contributed by atoms with Crippen LogP contribution >= 0.6 is 0 Å². The van der Waals surface area contributed by atoms with Crippen LogP contribution in [0.25, 0.3) is 5.57 Å². The van der Waals surface area contributed by atoms with E-state index in [4.69, 9.17) is 5.11 Å². The average molecular weight is 405 g/mol. The molecule has 2 N–H and O–H groups in total. The van der Waals surface area contributed by atoms with Gasteiger partial charge >= 0.3 is 6.36 Å². The molecule has 29 heavy (non-hydrogen) atoms. The van der Waals surface area contributed by atoms with Gasteiger partial charge in [0.05, 0.1) is 0 Å². The van der Waals surface area contributed by atoms with Crippen LogP contribution in [0.2, 0.25) is 0 Å². The number of pyridine rings is 1. The highest BCUT2D eigenvalue weighted by atomic mass is 19.4. The molecule has 3 rings (SSSR count). The molecule has 154 valence electrons. The maximum atomic E-state index is 12.4. The maximum Gasteiger partial charge on any atom is 0.573 e. The summed E-state index contributed by atoms with van der Waals surface area (Å²) < 4.78 is 41.2. The van der Waals surface area contributed by atoms with Gasteiger partial charge in [0.2, 0.25) is 0 Å². The Morgan fingerprint density at radius 2 is 1.93 bits per heavy atom. The average Bonchev–Trinajstić information content (AvgIpc) is 2.68. The Kier molecular flexibility index (Phi) is 6.56. The van der Waals surface area contributed by atoms with Gasteiger partial charge in [-0.05, 0) is 67.4 Å². The van der Waals surface area contributed by atoms with Crippen molar-refractivity contribution in [3.05, 3.63) is 72.2 Å². The lowest BCUT2D eigenvalue weighted by atomic mass is 10.0. The molecule has 1 aliphatic heterocycles. The van der Waals surface area contributed by atoms with Crippen molar-refractivity contribution in [3.8, 4) is 5.75 Å². The molecular formula is C21H22F3N3O2. The molecule has 0 fully saturated rings. The van der Waals surface area contributed by atoms with Crippen LogP contribution < -0.4 is 15.0 Å². The Labute approximate surface area is 167 Å². The first-order valence-corrected chi connectivity index (χ1v) is 9.17. The number of hydrogen-bond donors (Lipinski definition) is 2. The second-order valence-electron chi connectivity index (χ2n) is 6.53. The van der Waals surface area contributed by atoms with Crippen molar-refractivity contribution in [2.24, 2.45) is 0 Å². The van der Waals surface area contributed by atoms with E-state index in [1.807, 2.05) is 42.3 Å². The number of hydrogen-bond acceptors (Lipinski definition) is 5. The van der Waals surface area contributed by atoms with E-state index >= 15 is 0 Å². The normalized spacial score (nSPS) is 16.7. The molecular weight excluding hydrogens is 383 g/mol. The van der Waals surface area contributed by atoms with E-state index in [9.17, 15) is 13.2 Å². The van der Waals surface area contributed by atoms with Gasteiger partial charge in [-0.2, -0.15) is 0 Å². The molecule has 0 saturated heterocycles. The molecule has 1 unspecified atom stereocenters. The molecule has 2 heterocycles. The number of allylic oxidation sites excluding steroid dienone is 2. The second kappa shape index (κ2) is 9.11. The number of aromatic nitrogens is 1. The third-order valence-corrected chi connectivity index (χ3v) is 4.38. The molecule has 0 spiro atoms. The van der Waals surface area contributed by atoms with E-state index in [0.717, 1.165) is 16.8 Å². The van der Waals surface area contributed by atoms with Crippen LogP contribution in [0, 0.1) is 6.92 Å². The quantitative estimate of drug-likeness (QED) is 0.682. The predicted molar refractivity (Wildman–Crippen MR) is 105 cm³/mol. The lowest BCUT2D eigenvalue weighted by molar-refractivity contribution is -0.274. The smallest absolute Gasteiger partial charge is 0.406 e. The van der Waals surface area contributed by atoms with Gasteiger partial charge in [-0.3, -0.25) is 10.3 Å². The van der Waals surface area contributed by atoms with Gasteiger partial charge in [0.1, 0.15) is 11.9 Å². The molecule has 0 radical (unpaired) electrons. The Morgan fingerprint density at radius 3 is 2.55 bits per heavy atom. The van der Waals surface area contributed by atoms with Gasteiger partial charge in [0.15, 0.2) is 0 Å². The Morgan fingerprint density at radius 1 is 1.17 bits per heavy atom. The summed E-state index contributed by atoms with van der Waals surface area (Å²) in [4.78, 5) is 6.27. The van der Waals surface area contributed by atoms with Crippen LogP contribution in [0.15, 0.2) is 60.9 Å². The highest BCUT2D eigenvalue weighted by Gasteiger charge is 2.31. The molecule has 0 aliphatic carbocycles. The summed E-state index contributed by atoms with van der Waals surface area (Å²) in [6.07, 6.45) is 3.06. The van der Waals surface area contributed by atoms with Crippen LogP contribution in [0.5, 0.6) is 5.75 Å². The van der Waals surface area contributed by atoms with Gasteiger partial charge in [-0.15, -0.1) is 13.2 Å². The van der Waals surface area contributed by atoms with Crippen molar-refractivity contribution < 1.29 is 23.0 Å². The Hall–Kier alpha value is -2.84. The van der Waals surface area contributed by atoms with E-state index in [1.165, 1.54) is 12.1 Å². The highest BCUT2D eigenvalue weighted by molar-refractivity contribution is 5.76. The van der Waals surface area contributed by atoms with E-state index in [0.29, 0.717) is 18.7 Å². The summed E-state index contributed by atoms with van der Waals surface area (Å²) in [6.45, 7) is 2.54. The molecule has 8 heteroatoms. The van der Waals surface area contributed by atoms with Crippen LogP contribution in [0.1, 0.15) is 17.7 Å². The molecule has 1 aromatic heterocycles. The topological polar surface area (TPSA) is 57.6 Å². The van der Waals surface area contributed by atoms with Crippen molar-refractivity contribution in [2.75, 3.05) is 18.1 Å². The maximum absolute atomic E-state index is 12.4. The zero-order chi connectivity index (χ0) is 20.9. The Balaban J connectivity index is 1.87. The molecule has 5 nitrogen and oxygen atoms in total. The summed E-state index contributed by atoms with van der Waals surface area (Å²) in [5, 5.41) is 12.5. The first kappa shape index (κ1) is 20.9. The van der Waals surface area contributed by atoms with Gasteiger partial charge < -0.3 is 14.7 Å². The highest BCUT2D eigenvalue weighted by Crippen LogP contribution is 2.31. The van der Waals surface area contributed by atoms with Gasteiger partial charge in [0, 0.05) is 30.4 Å². The van der Waals surface area contributed by atoms with E-state index in [2.05, 4.69) is 15.0 Å². The largest absolute Gasteiger partial charge is 0.573 e. The Bertz CT molecular complexity index is 862. The minimum Gasteiger partial charge on any atom is -0.406 e. The first-order valence-electron chi connectivity index (χ1n) is 9.17. The molecule has 1 aromatic carbocycles. The van der Waals surface area contributed by atoms with Crippen molar-refractivity contribution in [2.45, 2.75) is 25.9 Å². The molecule has 0 saturated carbocycles. The number of aliphatic hydroxyl groups excluding tert-OH is 1. The SMILES string of the molecule is Cc1ccc(C2=CC=CN(c3ccc(OC(F)(F)F)cc3)C2NCCCO)cn1. The number of nitrogens with zero attached hydrogens (tertiary/aromatic N) is 2. The number of nitrogens with one attached hydrogen (secondary N) is 1. The van der Waals surface area contributed by atoms with Crippen LogP contribution in [-0.2, 0) is 0 Å². The fraction of sp³-hybridized carbons (Fsp3) is 0.286. The molecule has 1 aliphatic rings. The number of ether oxygens (including phenoxy) is 1. The summed E-state index contributed by atoms with van der Waals surface area (Å²) in [5.74, 6) is -0.273. The van der Waals surface area contributed by atoms with Gasteiger partial charge in [-0.1, -0.05) is 12.1 Å². The lowest BCUT2D eigenvalue weighted by Gasteiger charge is -2.35. The number of anilines is 1. The number of benzene rings is 1. The van der Waals surface area contributed by atoms with Gasteiger partial charge in [-0.25, -0.2) is 0 Å². The monoisotopic (exact) mass is 405 g/mol. The van der Waals surface area contributed by atoms with Crippen molar-refractivity contribution in [3.63, 3.8) is 0 Å².